The van der Waals surface area contributed by atoms with Crippen LogP contribution in [0.3, 0.4) is 0 Å². The predicted molar refractivity (Wildman–Crippen MR) is 113 cm³/mol. The first kappa shape index (κ1) is 21.6. The lowest BCUT2D eigenvalue weighted by Gasteiger charge is -2.62. The highest BCUT2D eigenvalue weighted by molar-refractivity contribution is 5.66. The Morgan fingerprint density at radius 3 is 2.45 bits per heavy atom. The monoisotopic (exact) mass is 406 g/mol. The highest BCUT2D eigenvalue weighted by Crippen LogP contribution is 2.68. The molecule has 4 aliphatic carbocycles. The van der Waals surface area contributed by atoms with Gasteiger partial charge in [0, 0.05) is 13.5 Å². The maximum absolute atomic E-state index is 11.4. The smallest absolute Gasteiger partial charge is 0.303 e. The van der Waals surface area contributed by atoms with Crippen molar-refractivity contribution in [1.82, 2.24) is 0 Å². The molecule has 4 aliphatic rings. The fourth-order valence-corrected chi connectivity index (χ4v) is 8.93. The minimum absolute atomic E-state index is 0.175. The summed E-state index contributed by atoms with van der Waals surface area (Å²) >= 11 is 0. The van der Waals surface area contributed by atoms with Crippen molar-refractivity contribution in [2.75, 3.05) is 7.11 Å². The molecule has 0 spiro atoms. The zero-order chi connectivity index (χ0) is 21.0. The van der Waals surface area contributed by atoms with Crippen LogP contribution < -0.4 is 0 Å². The van der Waals surface area contributed by atoms with Crippen LogP contribution >= 0.6 is 0 Å². The Balaban J connectivity index is 1.54. The molecule has 0 aromatic heterocycles. The van der Waals surface area contributed by atoms with Gasteiger partial charge in [-0.3, -0.25) is 4.79 Å². The predicted octanol–water partition coefficient (Wildman–Crippen LogP) is 5.13. The van der Waals surface area contributed by atoms with Gasteiger partial charge in [-0.1, -0.05) is 20.8 Å². The number of aliphatic hydroxyl groups is 1. The summed E-state index contributed by atoms with van der Waals surface area (Å²) in [4.78, 5) is 11.1. The van der Waals surface area contributed by atoms with Gasteiger partial charge in [-0.2, -0.15) is 0 Å². The first-order valence-corrected chi connectivity index (χ1v) is 12.1. The summed E-state index contributed by atoms with van der Waals surface area (Å²) in [6.45, 7) is 7.28. The minimum Gasteiger partial charge on any atom is -0.481 e. The second-order valence-corrected chi connectivity index (χ2v) is 11.6. The van der Waals surface area contributed by atoms with Crippen molar-refractivity contribution in [3.8, 4) is 0 Å². The van der Waals surface area contributed by atoms with E-state index in [1.807, 2.05) is 7.11 Å². The van der Waals surface area contributed by atoms with E-state index in [0.717, 1.165) is 19.3 Å². The van der Waals surface area contributed by atoms with Crippen LogP contribution in [0.1, 0.15) is 85.0 Å². The largest absolute Gasteiger partial charge is 0.481 e. The molecule has 0 radical (unpaired) electrons. The van der Waals surface area contributed by atoms with Gasteiger partial charge in [0.25, 0.3) is 0 Å². The zero-order valence-electron chi connectivity index (χ0n) is 18.9. The molecule has 0 heterocycles. The van der Waals surface area contributed by atoms with Crippen molar-refractivity contribution in [2.24, 2.45) is 46.3 Å². The number of rotatable bonds is 5. The number of aliphatic carboxylic acids is 1. The van der Waals surface area contributed by atoms with Crippen molar-refractivity contribution >= 4 is 5.97 Å². The van der Waals surface area contributed by atoms with Gasteiger partial charge in [0.2, 0.25) is 0 Å². The number of methoxy groups -OCH3 is 1. The number of fused-ring (bicyclic) bond motifs is 5. The second-order valence-electron chi connectivity index (χ2n) is 11.6. The van der Waals surface area contributed by atoms with E-state index in [-0.39, 0.29) is 17.9 Å². The molecule has 0 aromatic carbocycles. The van der Waals surface area contributed by atoms with Gasteiger partial charge in [0.1, 0.15) is 0 Å². The van der Waals surface area contributed by atoms with Crippen LogP contribution in [0, 0.1) is 46.3 Å². The van der Waals surface area contributed by atoms with E-state index < -0.39 is 5.97 Å². The molecule has 0 amide bonds. The summed E-state index contributed by atoms with van der Waals surface area (Å²) in [5, 5.41) is 20.5. The summed E-state index contributed by atoms with van der Waals surface area (Å²) < 4.78 is 5.70. The van der Waals surface area contributed by atoms with Crippen molar-refractivity contribution in [2.45, 2.75) is 97.2 Å². The Morgan fingerprint density at radius 2 is 1.76 bits per heavy atom. The first-order chi connectivity index (χ1) is 13.7. The molecule has 0 unspecified atom stereocenters. The number of hydrogen-bond donors (Lipinski definition) is 2. The van der Waals surface area contributed by atoms with Gasteiger partial charge in [0.05, 0.1) is 12.2 Å². The third-order valence-corrected chi connectivity index (χ3v) is 10.5. The third-order valence-electron chi connectivity index (χ3n) is 10.5. The molecular formula is C25H42O4. The second kappa shape index (κ2) is 7.82. The van der Waals surface area contributed by atoms with E-state index in [2.05, 4.69) is 20.8 Å². The highest BCUT2D eigenvalue weighted by Gasteiger charge is 2.62. The molecule has 4 saturated carbocycles. The number of carbonyl (C=O) groups is 1. The lowest BCUT2D eigenvalue weighted by Crippen LogP contribution is -2.58. The van der Waals surface area contributed by atoms with Gasteiger partial charge in [0.15, 0.2) is 0 Å². The highest BCUT2D eigenvalue weighted by atomic mass is 16.5. The fourth-order valence-electron chi connectivity index (χ4n) is 8.93. The summed E-state index contributed by atoms with van der Waals surface area (Å²) in [6.07, 6.45) is 10.7. The van der Waals surface area contributed by atoms with Crippen LogP contribution in [0.2, 0.25) is 0 Å². The number of ether oxygens (including phenoxy) is 1. The SMILES string of the molecule is CO[C@@H]1CC[C@@]2(C)[C@@H](C1)C[C@@H](O)[C@@H]1[C@@H]2CC[C@]2(C)[C@@H]([C@H](C)CCC(=O)O)CC[C@@H]12. The Kier molecular flexibility index (Phi) is 5.83. The number of carboxylic acids is 1. The molecule has 166 valence electrons. The molecule has 4 fully saturated rings. The van der Waals surface area contributed by atoms with E-state index in [0.29, 0.717) is 47.0 Å². The van der Waals surface area contributed by atoms with Crippen LogP contribution in [0.25, 0.3) is 0 Å². The molecule has 4 nitrogen and oxygen atoms in total. The van der Waals surface area contributed by atoms with Crippen LogP contribution in [0.15, 0.2) is 0 Å². The Hall–Kier alpha value is -0.610. The molecule has 4 heteroatoms. The maximum atomic E-state index is 11.4. The van der Waals surface area contributed by atoms with Crippen molar-refractivity contribution < 1.29 is 19.7 Å². The van der Waals surface area contributed by atoms with Gasteiger partial charge in [-0.05, 0) is 104 Å². The molecule has 0 aromatic rings. The standard InChI is InChI=1S/C25H42O4/c1-15(5-8-22(27)28)18-6-7-19-23-20(10-12-25(18,19)3)24(2)11-9-17(29-4)13-16(24)14-21(23)26/h15-21,23,26H,5-14H2,1-4H3,(H,27,28)/t15-,16+,17-,18-,19+,20+,21-,23+,24+,25-/m1/s1. The van der Waals surface area contributed by atoms with Crippen LogP contribution in [-0.2, 0) is 9.53 Å². The van der Waals surface area contributed by atoms with Gasteiger partial charge < -0.3 is 14.9 Å². The third kappa shape index (κ3) is 3.46. The average molecular weight is 407 g/mol. The fraction of sp³-hybridized carbons (Fsp3) is 0.960. The maximum Gasteiger partial charge on any atom is 0.303 e. The van der Waals surface area contributed by atoms with E-state index >= 15 is 0 Å². The molecule has 10 atom stereocenters. The summed E-state index contributed by atoms with van der Waals surface area (Å²) in [5.74, 6) is 2.66. The minimum atomic E-state index is -0.673. The van der Waals surface area contributed by atoms with E-state index in [9.17, 15) is 9.90 Å². The van der Waals surface area contributed by atoms with Gasteiger partial charge in [-0.25, -0.2) is 0 Å². The zero-order valence-corrected chi connectivity index (χ0v) is 18.9. The van der Waals surface area contributed by atoms with Gasteiger partial charge in [-0.15, -0.1) is 0 Å². The van der Waals surface area contributed by atoms with Crippen LogP contribution in [-0.4, -0.2) is 35.5 Å². The Morgan fingerprint density at radius 1 is 1.07 bits per heavy atom. The van der Waals surface area contributed by atoms with Gasteiger partial charge >= 0.3 is 5.97 Å². The summed E-state index contributed by atoms with van der Waals surface area (Å²) in [6, 6.07) is 0. The van der Waals surface area contributed by atoms with E-state index in [4.69, 9.17) is 9.84 Å². The molecule has 29 heavy (non-hydrogen) atoms. The lowest BCUT2D eigenvalue weighted by molar-refractivity contribution is -0.176. The topological polar surface area (TPSA) is 66.8 Å². The van der Waals surface area contributed by atoms with Crippen LogP contribution in [0.4, 0.5) is 0 Å². The van der Waals surface area contributed by atoms with E-state index in [1.165, 1.54) is 38.5 Å². The van der Waals surface area contributed by atoms with E-state index in [1.54, 1.807) is 0 Å². The number of aliphatic hydroxyl groups excluding tert-OH is 1. The Bertz CT molecular complexity index is 620. The van der Waals surface area contributed by atoms with Crippen molar-refractivity contribution in [1.29, 1.82) is 0 Å². The molecule has 2 N–H and O–H groups in total. The van der Waals surface area contributed by atoms with Crippen molar-refractivity contribution in [3.05, 3.63) is 0 Å². The normalized spacial score (nSPS) is 50.3. The molecule has 0 aliphatic heterocycles. The average Bonchev–Trinajstić information content (AvgIpc) is 3.03. The summed E-state index contributed by atoms with van der Waals surface area (Å²) in [5.41, 5.74) is 0.625. The Labute approximate surface area is 176 Å². The van der Waals surface area contributed by atoms with Crippen molar-refractivity contribution in [3.63, 3.8) is 0 Å². The number of hydrogen-bond acceptors (Lipinski definition) is 3. The molecule has 4 rings (SSSR count). The number of carboxylic acid groups (broad SMARTS) is 1. The lowest BCUT2D eigenvalue weighted by atomic mass is 9.43. The quantitative estimate of drug-likeness (QED) is 0.664. The molecule has 0 saturated heterocycles. The molecular weight excluding hydrogens is 364 g/mol. The molecule has 0 bridgehead atoms. The van der Waals surface area contributed by atoms with Crippen LogP contribution in [0.5, 0.6) is 0 Å². The summed E-state index contributed by atoms with van der Waals surface area (Å²) in [7, 11) is 1.84. The first-order valence-electron chi connectivity index (χ1n) is 12.1.